The van der Waals surface area contributed by atoms with Crippen molar-refractivity contribution in [3.05, 3.63) is 77.4 Å². The van der Waals surface area contributed by atoms with E-state index in [1.807, 2.05) is 50.4 Å². The highest BCUT2D eigenvalue weighted by Crippen LogP contribution is 2.32. The Bertz CT molecular complexity index is 1190. The lowest BCUT2D eigenvalue weighted by molar-refractivity contribution is 0.0982. The van der Waals surface area contributed by atoms with Crippen molar-refractivity contribution < 1.29 is 4.79 Å². The normalized spacial score (nSPS) is 11.4. The van der Waals surface area contributed by atoms with Crippen molar-refractivity contribution in [1.82, 2.24) is 19.7 Å². The van der Waals surface area contributed by atoms with E-state index in [4.69, 9.17) is 0 Å². The first-order valence-electron chi connectivity index (χ1n) is 10.3. The van der Waals surface area contributed by atoms with Gasteiger partial charge in [0.2, 0.25) is 0 Å². The molecule has 0 bridgehead atoms. The second-order valence-corrected chi connectivity index (χ2v) is 8.08. The molecule has 5 nitrogen and oxygen atoms in total. The van der Waals surface area contributed by atoms with E-state index in [2.05, 4.69) is 51.9 Å². The van der Waals surface area contributed by atoms with Crippen molar-refractivity contribution in [3.8, 4) is 11.3 Å². The SMILES string of the molecule is Cc1ccc(-c2cc(C(=O)CCc3ccc(C)nn3)cc3c2ccn3C(C)C)nc1. The molecule has 3 heterocycles. The topological polar surface area (TPSA) is 60.7 Å². The van der Waals surface area contributed by atoms with Gasteiger partial charge in [-0.15, -0.1) is 0 Å². The highest BCUT2D eigenvalue weighted by Gasteiger charge is 2.16. The summed E-state index contributed by atoms with van der Waals surface area (Å²) in [5.41, 5.74) is 6.46. The van der Waals surface area contributed by atoms with Gasteiger partial charge >= 0.3 is 0 Å². The molecule has 0 amide bonds. The number of carbonyl (C=O) groups excluding carboxylic acids is 1. The molecule has 1 aromatic carbocycles. The number of pyridine rings is 1. The summed E-state index contributed by atoms with van der Waals surface area (Å²) in [7, 11) is 0. The number of ketones is 1. The molecule has 0 saturated heterocycles. The molecule has 30 heavy (non-hydrogen) atoms. The van der Waals surface area contributed by atoms with Crippen LogP contribution in [0.15, 0.2) is 54.9 Å². The van der Waals surface area contributed by atoms with Crippen molar-refractivity contribution in [2.75, 3.05) is 0 Å². The van der Waals surface area contributed by atoms with E-state index in [1.54, 1.807) is 0 Å². The van der Waals surface area contributed by atoms with Gasteiger partial charge in [0.25, 0.3) is 0 Å². The molecule has 5 heteroatoms. The number of hydrogen-bond acceptors (Lipinski definition) is 4. The maximum Gasteiger partial charge on any atom is 0.163 e. The van der Waals surface area contributed by atoms with Crippen LogP contribution in [0.5, 0.6) is 0 Å². The quantitative estimate of drug-likeness (QED) is 0.402. The van der Waals surface area contributed by atoms with E-state index in [0.717, 1.165) is 39.1 Å². The molecule has 0 aliphatic rings. The van der Waals surface area contributed by atoms with Crippen LogP contribution in [0.25, 0.3) is 22.2 Å². The molecule has 0 aliphatic carbocycles. The molecular weight excluding hydrogens is 372 g/mol. The minimum absolute atomic E-state index is 0.101. The summed E-state index contributed by atoms with van der Waals surface area (Å²) in [4.78, 5) is 17.7. The number of hydrogen-bond donors (Lipinski definition) is 0. The Kier molecular flexibility index (Phi) is 5.44. The zero-order valence-electron chi connectivity index (χ0n) is 17.9. The molecule has 0 atom stereocenters. The number of nitrogens with zero attached hydrogens (tertiary/aromatic N) is 4. The second-order valence-electron chi connectivity index (χ2n) is 8.08. The summed E-state index contributed by atoms with van der Waals surface area (Å²) in [5, 5.41) is 9.37. The molecule has 0 spiro atoms. The van der Waals surface area contributed by atoms with Crippen LogP contribution in [0.3, 0.4) is 0 Å². The van der Waals surface area contributed by atoms with Crippen LogP contribution >= 0.6 is 0 Å². The summed E-state index contributed by atoms with van der Waals surface area (Å²) in [5.74, 6) is 0.101. The fourth-order valence-electron chi connectivity index (χ4n) is 3.66. The van der Waals surface area contributed by atoms with Gasteiger partial charge in [-0.1, -0.05) is 6.07 Å². The average molecular weight is 399 g/mol. The van der Waals surface area contributed by atoms with Gasteiger partial charge in [-0.3, -0.25) is 9.78 Å². The first-order valence-corrected chi connectivity index (χ1v) is 10.3. The lowest BCUT2D eigenvalue weighted by atomic mass is 9.98. The number of Topliss-reactive ketones (excluding diaryl/α,β-unsaturated/α-hetero) is 1. The van der Waals surface area contributed by atoms with Crippen LogP contribution in [0.2, 0.25) is 0 Å². The molecule has 3 aromatic heterocycles. The summed E-state index contributed by atoms with van der Waals surface area (Å²) in [6.07, 6.45) is 4.92. The minimum Gasteiger partial charge on any atom is -0.345 e. The second kappa shape index (κ2) is 8.19. The highest BCUT2D eigenvalue weighted by atomic mass is 16.1. The largest absolute Gasteiger partial charge is 0.345 e. The van der Waals surface area contributed by atoms with E-state index in [0.29, 0.717) is 24.4 Å². The molecule has 0 aliphatic heterocycles. The van der Waals surface area contributed by atoms with Gasteiger partial charge in [0.1, 0.15) is 0 Å². The zero-order chi connectivity index (χ0) is 21.3. The van der Waals surface area contributed by atoms with Gasteiger partial charge in [-0.2, -0.15) is 10.2 Å². The van der Waals surface area contributed by atoms with Crippen molar-refractivity contribution in [2.45, 2.75) is 46.6 Å². The molecule has 0 fully saturated rings. The van der Waals surface area contributed by atoms with E-state index in [1.165, 1.54) is 0 Å². The predicted octanol–water partition coefficient (Wildman–Crippen LogP) is 5.51. The summed E-state index contributed by atoms with van der Waals surface area (Å²) in [6, 6.07) is 14.3. The summed E-state index contributed by atoms with van der Waals surface area (Å²) in [6.45, 7) is 8.22. The molecule has 4 rings (SSSR count). The molecule has 0 saturated carbocycles. The first-order chi connectivity index (χ1) is 14.4. The average Bonchev–Trinajstić information content (AvgIpc) is 3.17. The summed E-state index contributed by atoms with van der Waals surface area (Å²) >= 11 is 0. The standard InChI is InChI=1S/C25H26N4O/c1-16(2)29-12-11-21-22(23-9-5-17(3)15-26-23)13-19(14-24(21)29)25(30)10-8-20-7-6-18(4)27-28-20/h5-7,9,11-16H,8,10H2,1-4H3. The zero-order valence-corrected chi connectivity index (χ0v) is 17.9. The van der Waals surface area contributed by atoms with Gasteiger partial charge in [0.15, 0.2) is 5.78 Å². The number of benzene rings is 1. The van der Waals surface area contributed by atoms with Crippen molar-refractivity contribution in [2.24, 2.45) is 0 Å². The first kappa shape index (κ1) is 20.0. The van der Waals surface area contributed by atoms with Crippen LogP contribution in [0.1, 0.15) is 53.6 Å². The Labute approximate surface area is 176 Å². The van der Waals surface area contributed by atoms with Gasteiger partial charge < -0.3 is 4.57 Å². The van der Waals surface area contributed by atoms with Gasteiger partial charge in [-0.05, 0) is 76.1 Å². The molecule has 0 unspecified atom stereocenters. The van der Waals surface area contributed by atoms with Crippen LogP contribution in [-0.2, 0) is 6.42 Å². The fraction of sp³-hybridized carbons (Fsp3) is 0.280. The monoisotopic (exact) mass is 398 g/mol. The number of fused-ring (bicyclic) bond motifs is 1. The third-order valence-electron chi connectivity index (χ3n) is 5.37. The third kappa shape index (κ3) is 4.01. The van der Waals surface area contributed by atoms with E-state index in [9.17, 15) is 4.79 Å². The number of aromatic nitrogens is 4. The Morgan fingerprint density at radius 2 is 1.87 bits per heavy atom. The Morgan fingerprint density at radius 1 is 1.03 bits per heavy atom. The van der Waals surface area contributed by atoms with Gasteiger partial charge in [-0.25, -0.2) is 0 Å². The lowest BCUT2D eigenvalue weighted by Crippen LogP contribution is -2.05. The third-order valence-corrected chi connectivity index (χ3v) is 5.37. The van der Waals surface area contributed by atoms with Crippen molar-refractivity contribution in [3.63, 3.8) is 0 Å². The van der Waals surface area contributed by atoms with Crippen molar-refractivity contribution in [1.29, 1.82) is 0 Å². The highest BCUT2D eigenvalue weighted by molar-refractivity contribution is 6.04. The van der Waals surface area contributed by atoms with Crippen LogP contribution in [0.4, 0.5) is 0 Å². The number of aryl methyl sites for hydroxylation is 3. The van der Waals surface area contributed by atoms with E-state index in [-0.39, 0.29) is 5.78 Å². The fourth-order valence-corrected chi connectivity index (χ4v) is 3.66. The summed E-state index contributed by atoms with van der Waals surface area (Å²) < 4.78 is 2.20. The number of rotatable bonds is 6. The molecule has 0 radical (unpaired) electrons. The van der Waals surface area contributed by atoms with Gasteiger partial charge in [0.05, 0.1) is 17.1 Å². The van der Waals surface area contributed by atoms with E-state index < -0.39 is 0 Å². The number of carbonyl (C=O) groups is 1. The molecule has 152 valence electrons. The molecule has 0 N–H and O–H groups in total. The maximum atomic E-state index is 13.1. The van der Waals surface area contributed by atoms with E-state index >= 15 is 0 Å². The molecular formula is C25H26N4O. The van der Waals surface area contributed by atoms with Gasteiger partial charge in [0, 0.05) is 46.9 Å². The van der Waals surface area contributed by atoms with Crippen LogP contribution in [-0.4, -0.2) is 25.5 Å². The lowest BCUT2D eigenvalue weighted by Gasteiger charge is -2.13. The predicted molar refractivity (Wildman–Crippen MR) is 120 cm³/mol. The Balaban J connectivity index is 1.73. The van der Waals surface area contributed by atoms with Crippen LogP contribution in [0, 0.1) is 13.8 Å². The Morgan fingerprint density at radius 3 is 2.53 bits per heavy atom. The Hall–Kier alpha value is -3.34. The smallest absolute Gasteiger partial charge is 0.163 e. The minimum atomic E-state index is 0.101. The van der Waals surface area contributed by atoms with Crippen LogP contribution < -0.4 is 0 Å². The maximum absolute atomic E-state index is 13.1. The van der Waals surface area contributed by atoms with Crippen molar-refractivity contribution >= 4 is 16.7 Å². The molecule has 4 aromatic rings.